The second-order valence-corrected chi connectivity index (χ2v) is 13.4. The van der Waals surface area contributed by atoms with E-state index in [1.54, 1.807) is 0 Å². The van der Waals surface area contributed by atoms with Crippen LogP contribution in [-0.4, -0.2) is 41.7 Å². The topological polar surface area (TPSA) is 102 Å². The predicted molar refractivity (Wildman–Crippen MR) is 188 cm³/mol. The fourth-order valence-corrected chi connectivity index (χ4v) is 5.34. The molecule has 264 valence electrons. The van der Waals surface area contributed by atoms with Crippen LogP contribution < -0.4 is 0 Å². The lowest BCUT2D eigenvalue weighted by Gasteiger charge is -2.18. The van der Waals surface area contributed by atoms with E-state index in [-0.39, 0.29) is 19.6 Å². The van der Waals surface area contributed by atoms with Crippen molar-refractivity contribution in [3.05, 3.63) is 36.5 Å². The summed E-state index contributed by atoms with van der Waals surface area (Å²) >= 11 is 0. The largest absolute Gasteiger partial charge is 0.469 e. The number of hydrogen-bond acceptors (Lipinski definition) is 5. The van der Waals surface area contributed by atoms with Gasteiger partial charge in [0, 0.05) is 13.0 Å². The van der Waals surface area contributed by atoms with Gasteiger partial charge in [-0.25, -0.2) is 4.57 Å². The third kappa shape index (κ3) is 37.1. The van der Waals surface area contributed by atoms with Gasteiger partial charge in [-0.1, -0.05) is 147 Å². The molecular formula is C37H69O7P. The fraction of sp³-hybridized carbons (Fsp3) is 0.811. The van der Waals surface area contributed by atoms with Gasteiger partial charge < -0.3 is 19.3 Å². The molecule has 0 unspecified atom stereocenters. The van der Waals surface area contributed by atoms with Crippen LogP contribution in [0.3, 0.4) is 0 Å². The molecule has 0 aromatic rings. The molecule has 0 aliphatic carbocycles. The van der Waals surface area contributed by atoms with E-state index in [9.17, 15) is 9.36 Å². The van der Waals surface area contributed by atoms with Gasteiger partial charge in [-0.3, -0.25) is 9.32 Å². The zero-order chi connectivity index (χ0) is 33.1. The summed E-state index contributed by atoms with van der Waals surface area (Å²) in [5, 5.41) is 0. The van der Waals surface area contributed by atoms with Gasteiger partial charge in [0.05, 0.1) is 13.2 Å². The highest BCUT2D eigenvalue weighted by atomic mass is 31.2. The van der Waals surface area contributed by atoms with Crippen LogP contribution in [0.1, 0.15) is 168 Å². The summed E-state index contributed by atoms with van der Waals surface area (Å²) < 4.78 is 26.8. The molecule has 0 aliphatic heterocycles. The molecule has 2 N–H and O–H groups in total. The fourth-order valence-electron chi connectivity index (χ4n) is 4.98. The maximum atomic E-state index is 12.3. The Morgan fingerprint density at radius 3 is 1.56 bits per heavy atom. The Hall–Kier alpha value is -1.24. The van der Waals surface area contributed by atoms with Crippen LogP contribution in [0.4, 0.5) is 0 Å². The van der Waals surface area contributed by atoms with Crippen LogP contribution in [0.2, 0.25) is 0 Å². The molecule has 0 bridgehead atoms. The molecule has 0 fully saturated rings. The average molecular weight is 657 g/mol. The zero-order valence-electron chi connectivity index (χ0n) is 29.0. The van der Waals surface area contributed by atoms with Crippen molar-refractivity contribution < 1.29 is 33.1 Å². The van der Waals surface area contributed by atoms with Crippen molar-refractivity contribution in [1.29, 1.82) is 0 Å². The molecule has 0 saturated heterocycles. The first kappa shape index (κ1) is 43.8. The SMILES string of the molecule is CCCCC/C=C\C/C=C\C/C=C\CCCCC(=O)O[C@H](COCCCCCCCCCCCCCCCC)COP(=O)(O)O. The number of carbonyl (C=O) groups is 1. The summed E-state index contributed by atoms with van der Waals surface area (Å²) in [4.78, 5) is 30.4. The van der Waals surface area contributed by atoms with Crippen molar-refractivity contribution in [1.82, 2.24) is 0 Å². The van der Waals surface area contributed by atoms with Crippen LogP contribution in [0.15, 0.2) is 36.5 Å². The molecule has 45 heavy (non-hydrogen) atoms. The molecule has 0 spiro atoms. The van der Waals surface area contributed by atoms with Gasteiger partial charge in [-0.05, 0) is 51.4 Å². The van der Waals surface area contributed by atoms with Crippen molar-refractivity contribution in [2.75, 3.05) is 19.8 Å². The highest BCUT2D eigenvalue weighted by Gasteiger charge is 2.21. The minimum atomic E-state index is -4.66. The molecular weight excluding hydrogens is 587 g/mol. The van der Waals surface area contributed by atoms with Gasteiger partial charge in [0.15, 0.2) is 0 Å². The Bertz CT molecular complexity index is 775. The van der Waals surface area contributed by atoms with E-state index in [2.05, 4.69) is 54.8 Å². The molecule has 0 aromatic carbocycles. The molecule has 0 aliphatic rings. The van der Waals surface area contributed by atoms with Gasteiger partial charge in [0.25, 0.3) is 0 Å². The molecule has 0 heterocycles. The summed E-state index contributed by atoms with van der Waals surface area (Å²) in [5.41, 5.74) is 0. The maximum absolute atomic E-state index is 12.3. The highest BCUT2D eigenvalue weighted by molar-refractivity contribution is 7.46. The van der Waals surface area contributed by atoms with Crippen molar-refractivity contribution in [3.63, 3.8) is 0 Å². The molecule has 0 amide bonds. The Kier molecular flexibility index (Phi) is 33.2. The summed E-state index contributed by atoms with van der Waals surface area (Å²) in [6, 6.07) is 0. The quantitative estimate of drug-likeness (QED) is 0.0307. The number of ether oxygens (including phenoxy) is 2. The molecule has 8 heteroatoms. The van der Waals surface area contributed by atoms with Gasteiger partial charge in [-0.2, -0.15) is 0 Å². The van der Waals surface area contributed by atoms with Gasteiger partial charge in [0.2, 0.25) is 0 Å². The van der Waals surface area contributed by atoms with Crippen molar-refractivity contribution in [3.8, 4) is 0 Å². The Labute approximate surface area is 276 Å². The number of phosphoric acid groups is 1. The summed E-state index contributed by atoms with van der Waals surface area (Å²) in [7, 11) is -4.66. The summed E-state index contributed by atoms with van der Waals surface area (Å²) in [5.74, 6) is -0.399. The first-order valence-corrected chi connectivity index (χ1v) is 19.8. The number of allylic oxidation sites excluding steroid dienone is 6. The first-order valence-electron chi connectivity index (χ1n) is 18.3. The van der Waals surface area contributed by atoms with E-state index in [1.807, 2.05) is 0 Å². The number of rotatable bonds is 34. The van der Waals surface area contributed by atoms with Gasteiger partial charge in [0.1, 0.15) is 6.10 Å². The van der Waals surface area contributed by atoms with Crippen LogP contribution in [-0.2, 0) is 23.4 Å². The van der Waals surface area contributed by atoms with Crippen molar-refractivity contribution in [2.24, 2.45) is 0 Å². The monoisotopic (exact) mass is 656 g/mol. The Balaban J connectivity index is 3.92. The van der Waals surface area contributed by atoms with Crippen molar-refractivity contribution >= 4 is 13.8 Å². The summed E-state index contributed by atoms with van der Waals surface area (Å²) in [6.45, 7) is 4.68. The minimum absolute atomic E-state index is 0.0646. The van der Waals surface area contributed by atoms with Crippen LogP contribution in [0, 0.1) is 0 Å². The average Bonchev–Trinajstić information content (AvgIpc) is 3.01. The van der Waals surface area contributed by atoms with Crippen LogP contribution in [0.5, 0.6) is 0 Å². The molecule has 7 nitrogen and oxygen atoms in total. The number of phosphoric ester groups is 1. The third-order valence-corrected chi connectivity index (χ3v) is 8.18. The number of unbranched alkanes of at least 4 members (excludes halogenated alkanes) is 18. The lowest BCUT2D eigenvalue weighted by atomic mass is 10.0. The predicted octanol–water partition coefficient (Wildman–Crippen LogP) is 11.1. The van der Waals surface area contributed by atoms with Crippen LogP contribution >= 0.6 is 7.82 Å². The van der Waals surface area contributed by atoms with Gasteiger partial charge >= 0.3 is 13.8 Å². The highest BCUT2D eigenvalue weighted by Crippen LogP contribution is 2.35. The third-order valence-electron chi connectivity index (χ3n) is 7.69. The number of hydrogen-bond donors (Lipinski definition) is 2. The van der Waals surface area contributed by atoms with Gasteiger partial charge in [-0.15, -0.1) is 0 Å². The molecule has 0 aromatic heterocycles. The number of carbonyl (C=O) groups excluding carboxylic acids is 1. The normalized spacial score (nSPS) is 13.1. The summed E-state index contributed by atoms with van der Waals surface area (Å²) in [6.07, 6.45) is 39.9. The molecule has 0 saturated carbocycles. The Morgan fingerprint density at radius 1 is 0.600 bits per heavy atom. The maximum Gasteiger partial charge on any atom is 0.469 e. The zero-order valence-corrected chi connectivity index (χ0v) is 29.9. The number of esters is 1. The van der Waals surface area contributed by atoms with E-state index < -0.39 is 19.9 Å². The first-order chi connectivity index (χ1) is 21.9. The lowest BCUT2D eigenvalue weighted by Crippen LogP contribution is -2.28. The molecule has 0 rings (SSSR count). The second-order valence-electron chi connectivity index (χ2n) is 12.2. The lowest BCUT2D eigenvalue weighted by molar-refractivity contribution is -0.154. The van der Waals surface area contributed by atoms with E-state index in [0.29, 0.717) is 13.0 Å². The van der Waals surface area contributed by atoms with Crippen LogP contribution in [0.25, 0.3) is 0 Å². The molecule has 0 radical (unpaired) electrons. The Morgan fingerprint density at radius 2 is 1.04 bits per heavy atom. The van der Waals surface area contributed by atoms with Crippen molar-refractivity contribution in [2.45, 2.75) is 174 Å². The van der Waals surface area contributed by atoms with E-state index >= 15 is 0 Å². The molecule has 1 atom stereocenters. The van der Waals surface area contributed by atoms with E-state index in [0.717, 1.165) is 38.5 Å². The second kappa shape index (κ2) is 34.1. The smallest absolute Gasteiger partial charge is 0.457 e. The minimum Gasteiger partial charge on any atom is -0.457 e. The van der Waals surface area contributed by atoms with E-state index in [1.165, 1.54) is 103 Å². The van der Waals surface area contributed by atoms with E-state index in [4.69, 9.17) is 19.3 Å². The standard InChI is InChI=1S/C37H69O7P/c1-3-5-7-9-11-13-15-17-19-20-22-24-26-28-30-32-37(38)44-36(35-43-45(39,40)41)34-42-33-31-29-27-25-23-21-18-16-14-12-10-8-6-4-2/h11,13,17,19,22,24,36H,3-10,12,14-16,18,20-21,23,25-35H2,1-2H3,(H2,39,40,41)/b13-11-,19-17-,24-22-/t36-/m1/s1.